The largest absolute Gasteiger partial charge is 0.493 e. The number of oxazole rings is 1. The van der Waals surface area contributed by atoms with Gasteiger partial charge in [-0.15, -0.1) is 0 Å². The Morgan fingerprint density at radius 3 is 2.92 bits per heavy atom. The third-order valence-corrected chi connectivity index (χ3v) is 4.21. The minimum atomic E-state index is -0.335. The van der Waals surface area contributed by atoms with Crippen LogP contribution in [-0.4, -0.2) is 17.5 Å². The number of aryl methyl sites for hydroxylation is 1. The van der Waals surface area contributed by atoms with Gasteiger partial charge in [-0.2, -0.15) is 0 Å². The Balaban J connectivity index is 1.59. The second-order valence-electron chi connectivity index (χ2n) is 7.31. The van der Waals surface area contributed by atoms with Gasteiger partial charge in [-0.3, -0.25) is 4.79 Å². The summed E-state index contributed by atoms with van der Waals surface area (Å²) in [5.41, 5.74) is 0.578. The first kappa shape index (κ1) is 17.5. The van der Waals surface area contributed by atoms with Crippen LogP contribution in [0.3, 0.4) is 0 Å². The van der Waals surface area contributed by atoms with Gasteiger partial charge >= 0.3 is 0 Å². The molecular weight excluding hydrogens is 323 g/mol. The average Bonchev–Trinajstić information content (AvgIpc) is 3.03. The first-order valence-electron chi connectivity index (χ1n) is 8.50. The third-order valence-electron chi connectivity index (χ3n) is 4.21. The molecule has 3 rings (SSSR count). The zero-order valence-electron chi connectivity index (χ0n) is 14.8. The summed E-state index contributed by atoms with van der Waals surface area (Å²) >= 11 is 0. The molecular formula is C19H23FN2O3. The molecule has 0 saturated carbocycles. The second kappa shape index (κ2) is 6.86. The molecule has 1 aliphatic heterocycles. The Kier molecular flexibility index (Phi) is 4.79. The van der Waals surface area contributed by atoms with Crippen molar-refractivity contribution < 1.29 is 18.3 Å². The number of carbonyl (C=O) groups is 1. The molecule has 1 amide bonds. The number of hydrogen-bond donors (Lipinski definition) is 1. The Hall–Kier alpha value is -2.37. The number of benzene rings is 1. The van der Waals surface area contributed by atoms with E-state index in [1.54, 1.807) is 12.3 Å². The fourth-order valence-electron chi connectivity index (χ4n) is 2.77. The normalized spacial score (nSPS) is 16.9. The third kappa shape index (κ3) is 4.18. The smallest absolute Gasteiger partial charge is 0.220 e. The number of fused-ring (bicyclic) bond motifs is 1. The summed E-state index contributed by atoms with van der Waals surface area (Å²) in [5, 5.41) is 2.95. The Bertz CT molecular complexity index is 764. The lowest BCUT2D eigenvalue weighted by atomic mass is 9.94. The van der Waals surface area contributed by atoms with Crippen LogP contribution >= 0.6 is 0 Å². The van der Waals surface area contributed by atoms with E-state index in [0.717, 1.165) is 5.76 Å². The highest BCUT2D eigenvalue weighted by Gasteiger charge is 2.24. The highest BCUT2D eigenvalue weighted by molar-refractivity contribution is 5.76. The lowest BCUT2D eigenvalue weighted by molar-refractivity contribution is -0.122. The monoisotopic (exact) mass is 346 g/mol. The average molecular weight is 346 g/mol. The predicted molar refractivity (Wildman–Crippen MR) is 90.9 cm³/mol. The van der Waals surface area contributed by atoms with Crippen LogP contribution in [0.15, 0.2) is 28.8 Å². The molecule has 0 unspecified atom stereocenters. The van der Waals surface area contributed by atoms with Crippen LogP contribution in [0.4, 0.5) is 4.39 Å². The molecule has 0 saturated heterocycles. The van der Waals surface area contributed by atoms with Gasteiger partial charge in [0.15, 0.2) is 5.89 Å². The molecule has 0 bridgehead atoms. The van der Waals surface area contributed by atoms with E-state index < -0.39 is 0 Å². The van der Waals surface area contributed by atoms with Crippen molar-refractivity contribution in [2.24, 2.45) is 0 Å². The Labute approximate surface area is 146 Å². The molecule has 5 nitrogen and oxygen atoms in total. The fourth-order valence-corrected chi connectivity index (χ4v) is 2.77. The molecule has 134 valence electrons. The molecule has 1 aromatic heterocycles. The van der Waals surface area contributed by atoms with E-state index in [2.05, 4.69) is 10.3 Å². The SMILES string of the molecule is CC(C)(C)c1cnc(CCC(=O)N[C@H]2CCOc3ccc(F)cc32)o1. The van der Waals surface area contributed by atoms with Gasteiger partial charge in [0.25, 0.3) is 0 Å². The van der Waals surface area contributed by atoms with Gasteiger partial charge in [-0.25, -0.2) is 9.37 Å². The van der Waals surface area contributed by atoms with E-state index in [4.69, 9.17) is 9.15 Å². The number of nitrogens with zero attached hydrogens (tertiary/aromatic N) is 1. The van der Waals surface area contributed by atoms with Gasteiger partial charge < -0.3 is 14.5 Å². The van der Waals surface area contributed by atoms with E-state index in [-0.39, 0.29) is 29.6 Å². The van der Waals surface area contributed by atoms with Gasteiger partial charge in [-0.1, -0.05) is 20.8 Å². The Morgan fingerprint density at radius 2 is 2.20 bits per heavy atom. The summed E-state index contributed by atoms with van der Waals surface area (Å²) in [7, 11) is 0. The van der Waals surface area contributed by atoms with Gasteiger partial charge in [0.1, 0.15) is 17.3 Å². The molecule has 1 aliphatic rings. The summed E-state index contributed by atoms with van der Waals surface area (Å²) in [6, 6.07) is 4.15. The van der Waals surface area contributed by atoms with Crippen LogP contribution in [0.2, 0.25) is 0 Å². The first-order chi connectivity index (χ1) is 11.8. The van der Waals surface area contributed by atoms with Gasteiger partial charge in [0, 0.05) is 30.2 Å². The van der Waals surface area contributed by atoms with Crippen LogP contribution in [0.25, 0.3) is 0 Å². The zero-order chi connectivity index (χ0) is 18.0. The fraction of sp³-hybridized carbons (Fsp3) is 0.474. The van der Waals surface area contributed by atoms with Crippen molar-refractivity contribution in [2.75, 3.05) is 6.61 Å². The maximum Gasteiger partial charge on any atom is 0.220 e. The van der Waals surface area contributed by atoms with E-state index >= 15 is 0 Å². The topological polar surface area (TPSA) is 64.4 Å². The quantitative estimate of drug-likeness (QED) is 0.917. The molecule has 6 heteroatoms. The first-order valence-corrected chi connectivity index (χ1v) is 8.50. The van der Waals surface area contributed by atoms with Gasteiger partial charge in [0.05, 0.1) is 18.8 Å². The number of amides is 1. The van der Waals surface area contributed by atoms with Crippen LogP contribution in [0.5, 0.6) is 5.75 Å². The molecule has 2 heterocycles. The molecule has 1 N–H and O–H groups in total. The van der Waals surface area contributed by atoms with Gasteiger partial charge in [-0.05, 0) is 18.2 Å². The van der Waals surface area contributed by atoms with Crippen LogP contribution < -0.4 is 10.1 Å². The number of nitrogens with one attached hydrogen (secondary N) is 1. The molecule has 2 aromatic rings. The highest BCUT2D eigenvalue weighted by atomic mass is 19.1. The minimum absolute atomic E-state index is 0.108. The van der Waals surface area contributed by atoms with Crippen LogP contribution in [0, 0.1) is 5.82 Å². The lowest BCUT2D eigenvalue weighted by Gasteiger charge is -2.26. The van der Waals surface area contributed by atoms with Crippen molar-refractivity contribution in [3.63, 3.8) is 0 Å². The van der Waals surface area contributed by atoms with Crippen molar-refractivity contribution in [1.82, 2.24) is 10.3 Å². The standard InChI is InChI=1S/C19H23FN2O3/c1-19(2,3)16-11-21-18(25-16)7-6-17(23)22-14-8-9-24-15-5-4-12(20)10-13(14)15/h4-5,10-11,14H,6-9H2,1-3H3,(H,22,23)/t14-/m0/s1. The molecule has 0 radical (unpaired) electrons. The van der Waals surface area contributed by atoms with Crippen molar-refractivity contribution in [3.8, 4) is 5.75 Å². The summed E-state index contributed by atoms with van der Waals surface area (Å²) in [4.78, 5) is 16.5. The number of ether oxygens (including phenoxy) is 1. The lowest BCUT2D eigenvalue weighted by Crippen LogP contribution is -2.32. The Morgan fingerprint density at radius 1 is 1.40 bits per heavy atom. The minimum Gasteiger partial charge on any atom is -0.493 e. The molecule has 0 fully saturated rings. The number of rotatable bonds is 4. The van der Waals surface area contributed by atoms with E-state index in [9.17, 15) is 9.18 Å². The summed E-state index contributed by atoms with van der Waals surface area (Å²) in [6.07, 6.45) is 3.04. The van der Waals surface area contributed by atoms with E-state index in [1.165, 1.54) is 12.1 Å². The summed E-state index contributed by atoms with van der Waals surface area (Å²) < 4.78 is 24.7. The zero-order valence-corrected chi connectivity index (χ0v) is 14.8. The second-order valence-corrected chi connectivity index (χ2v) is 7.31. The van der Waals surface area contributed by atoms with Crippen molar-refractivity contribution >= 4 is 5.91 Å². The maximum absolute atomic E-state index is 13.5. The van der Waals surface area contributed by atoms with Crippen molar-refractivity contribution in [2.45, 2.75) is 51.5 Å². The number of halogens is 1. The van der Waals surface area contributed by atoms with Crippen molar-refractivity contribution in [3.05, 3.63) is 47.4 Å². The molecule has 1 atom stereocenters. The summed E-state index contributed by atoms with van der Waals surface area (Å²) in [5.74, 6) is 1.53. The van der Waals surface area contributed by atoms with Gasteiger partial charge in [0.2, 0.25) is 5.91 Å². The molecule has 1 aromatic carbocycles. The highest BCUT2D eigenvalue weighted by Crippen LogP contribution is 2.32. The predicted octanol–water partition coefficient (Wildman–Crippen LogP) is 3.68. The molecule has 25 heavy (non-hydrogen) atoms. The van der Waals surface area contributed by atoms with E-state index in [0.29, 0.717) is 36.7 Å². The number of aromatic nitrogens is 1. The van der Waals surface area contributed by atoms with Crippen LogP contribution in [0.1, 0.15) is 56.9 Å². The number of hydrogen-bond acceptors (Lipinski definition) is 4. The summed E-state index contributed by atoms with van der Waals surface area (Å²) in [6.45, 7) is 6.64. The maximum atomic E-state index is 13.5. The van der Waals surface area contributed by atoms with E-state index in [1.807, 2.05) is 20.8 Å². The van der Waals surface area contributed by atoms with Crippen LogP contribution in [-0.2, 0) is 16.6 Å². The molecule has 0 spiro atoms. The molecule has 0 aliphatic carbocycles. The van der Waals surface area contributed by atoms with Crippen molar-refractivity contribution in [1.29, 1.82) is 0 Å². The number of carbonyl (C=O) groups excluding carboxylic acids is 1.